The molecule has 1 unspecified atom stereocenters. The van der Waals surface area contributed by atoms with Gasteiger partial charge in [0.1, 0.15) is 4.92 Å². The van der Waals surface area contributed by atoms with E-state index in [0.717, 1.165) is 12.1 Å². The molecule has 1 aromatic carbocycles. The summed E-state index contributed by atoms with van der Waals surface area (Å²) < 4.78 is 19.9. The van der Waals surface area contributed by atoms with E-state index in [2.05, 4.69) is 5.32 Å². The average molecular weight is 364 g/mol. The van der Waals surface area contributed by atoms with Gasteiger partial charge in [0.2, 0.25) is 5.76 Å². The first-order chi connectivity index (χ1) is 12.3. The zero-order valence-corrected chi connectivity index (χ0v) is 14.2. The van der Waals surface area contributed by atoms with E-state index in [1.54, 1.807) is 18.2 Å². The number of nitrogens with zero attached hydrogens (tertiary/aromatic N) is 1. The van der Waals surface area contributed by atoms with Crippen molar-refractivity contribution >= 4 is 23.4 Å². The summed E-state index contributed by atoms with van der Waals surface area (Å²) in [7, 11) is 2.94. The minimum atomic E-state index is -1.17. The van der Waals surface area contributed by atoms with Gasteiger partial charge in [-0.25, -0.2) is 4.79 Å². The van der Waals surface area contributed by atoms with E-state index in [1.807, 2.05) is 0 Å². The Labute approximate surface area is 147 Å². The summed E-state index contributed by atoms with van der Waals surface area (Å²) in [4.78, 5) is 33.8. The molecule has 0 saturated carbocycles. The second-order valence-corrected chi connectivity index (χ2v) is 5.00. The molecule has 0 fully saturated rings. The van der Waals surface area contributed by atoms with Crippen LogP contribution in [0.4, 0.5) is 11.6 Å². The number of methoxy groups -OCH3 is 2. The van der Waals surface area contributed by atoms with Crippen LogP contribution >= 0.6 is 0 Å². The van der Waals surface area contributed by atoms with Gasteiger partial charge in [-0.15, -0.1) is 0 Å². The number of benzene rings is 1. The second kappa shape index (κ2) is 8.01. The third kappa shape index (κ3) is 4.29. The smallest absolute Gasteiger partial charge is 0.433 e. The highest BCUT2D eigenvalue weighted by atomic mass is 16.7. The van der Waals surface area contributed by atoms with Gasteiger partial charge in [-0.2, -0.15) is 0 Å². The van der Waals surface area contributed by atoms with Crippen molar-refractivity contribution < 1.29 is 33.1 Å². The number of nitro groups is 1. The SMILES string of the molecule is COc1ccc(NC(=O)C(C)OC(=O)c2ccc([N+](=O)[O-])o2)cc1OC. The van der Waals surface area contributed by atoms with Crippen LogP contribution in [0.2, 0.25) is 0 Å². The van der Waals surface area contributed by atoms with E-state index in [1.165, 1.54) is 21.1 Å². The molecule has 0 aliphatic carbocycles. The lowest BCUT2D eigenvalue weighted by Gasteiger charge is -2.14. The summed E-state index contributed by atoms with van der Waals surface area (Å²) in [5.41, 5.74) is 0.407. The minimum Gasteiger partial charge on any atom is -0.493 e. The lowest BCUT2D eigenvalue weighted by Crippen LogP contribution is -2.29. The number of furan rings is 1. The highest BCUT2D eigenvalue weighted by molar-refractivity contribution is 5.96. The number of nitrogens with one attached hydrogen (secondary N) is 1. The zero-order chi connectivity index (χ0) is 19.3. The van der Waals surface area contributed by atoms with Crippen LogP contribution in [-0.2, 0) is 9.53 Å². The van der Waals surface area contributed by atoms with Gasteiger partial charge >= 0.3 is 11.9 Å². The van der Waals surface area contributed by atoms with Crippen LogP contribution in [-0.4, -0.2) is 37.1 Å². The summed E-state index contributed by atoms with van der Waals surface area (Å²) in [6, 6.07) is 6.85. The summed E-state index contributed by atoms with van der Waals surface area (Å²) in [5.74, 6) is -1.66. The lowest BCUT2D eigenvalue weighted by molar-refractivity contribution is -0.402. The number of amides is 1. The number of hydrogen-bond acceptors (Lipinski definition) is 8. The standard InChI is InChI=1S/C16H16N2O8/c1-9(25-16(20)12-6-7-14(26-12)18(21)22)15(19)17-10-4-5-11(23-2)13(8-10)24-3/h4-9H,1-3H3,(H,17,19). The Hall–Kier alpha value is -3.56. The van der Waals surface area contributed by atoms with E-state index in [4.69, 9.17) is 18.6 Å². The lowest BCUT2D eigenvalue weighted by atomic mass is 10.2. The molecule has 1 atom stereocenters. The van der Waals surface area contributed by atoms with Gasteiger partial charge in [0.25, 0.3) is 5.91 Å². The molecule has 2 aromatic rings. The predicted octanol–water partition coefficient (Wildman–Crippen LogP) is 2.39. The van der Waals surface area contributed by atoms with Crippen molar-refractivity contribution in [3.8, 4) is 11.5 Å². The predicted molar refractivity (Wildman–Crippen MR) is 88.4 cm³/mol. The Balaban J connectivity index is 2.00. The van der Waals surface area contributed by atoms with Crippen LogP contribution in [0.15, 0.2) is 34.7 Å². The van der Waals surface area contributed by atoms with Crippen molar-refractivity contribution in [3.63, 3.8) is 0 Å². The van der Waals surface area contributed by atoms with Crippen LogP contribution in [0, 0.1) is 10.1 Å². The Morgan fingerprint density at radius 2 is 1.85 bits per heavy atom. The highest BCUT2D eigenvalue weighted by Gasteiger charge is 2.23. The molecule has 1 aromatic heterocycles. The van der Waals surface area contributed by atoms with Gasteiger partial charge in [0.15, 0.2) is 17.6 Å². The van der Waals surface area contributed by atoms with E-state index in [0.29, 0.717) is 17.2 Å². The maximum Gasteiger partial charge on any atom is 0.433 e. The molecule has 0 bridgehead atoms. The number of carbonyl (C=O) groups is 2. The van der Waals surface area contributed by atoms with Crippen molar-refractivity contribution in [2.75, 3.05) is 19.5 Å². The summed E-state index contributed by atoms with van der Waals surface area (Å²) in [6.45, 7) is 1.35. The number of carbonyl (C=O) groups excluding carboxylic acids is 2. The van der Waals surface area contributed by atoms with E-state index < -0.39 is 28.8 Å². The van der Waals surface area contributed by atoms with E-state index >= 15 is 0 Å². The molecule has 10 nitrogen and oxygen atoms in total. The highest BCUT2D eigenvalue weighted by Crippen LogP contribution is 2.29. The largest absolute Gasteiger partial charge is 0.493 e. The molecule has 1 heterocycles. The third-order valence-corrected chi connectivity index (χ3v) is 3.28. The first-order valence-electron chi connectivity index (χ1n) is 7.33. The molecule has 0 aliphatic heterocycles. The first kappa shape index (κ1) is 18.8. The summed E-state index contributed by atoms with van der Waals surface area (Å²) in [6.07, 6.45) is -1.17. The molecule has 2 rings (SSSR count). The molecule has 1 N–H and O–H groups in total. The molecule has 10 heteroatoms. The van der Waals surface area contributed by atoms with Crippen molar-refractivity contribution in [3.05, 3.63) is 46.2 Å². The van der Waals surface area contributed by atoms with Gasteiger partial charge in [-0.3, -0.25) is 14.9 Å². The quantitative estimate of drug-likeness (QED) is 0.450. The molecule has 1 amide bonds. The van der Waals surface area contributed by atoms with Crippen LogP contribution in [0.3, 0.4) is 0 Å². The van der Waals surface area contributed by atoms with Crippen molar-refractivity contribution in [1.29, 1.82) is 0 Å². The van der Waals surface area contributed by atoms with Crippen molar-refractivity contribution in [2.45, 2.75) is 13.0 Å². The van der Waals surface area contributed by atoms with Crippen molar-refractivity contribution in [2.24, 2.45) is 0 Å². The molecule has 26 heavy (non-hydrogen) atoms. The van der Waals surface area contributed by atoms with Crippen LogP contribution in [0.25, 0.3) is 0 Å². The van der Waals surface area contributed by atoms with Gasteiger partial charge in [-0.05, 0) is 25.1 Å². The molecule has 0 radical (unpaired) electrons. The molecule has 0 spiro atoms. The van der Waals surface area contributed by atoms with Gasteiger partial charge in [-0.1, -0.05) is 0 Å². The summed E-state index contributed by atoms with van der Waals surface area (Å²) >= 11 is 0. The Bertz CT molecular complexity index is 829. The van der Waals surface area contributed by atoms with Gasteiger partial charge in [0, 0.05) is 11.8 Å². The normalized spacial score (nSPS) is 11.3. The summed E-state index contributed by atoms with van der Waals surface area (Å²) in [5, 5.41) is 13.1. The second-order valence-electron chi connectivity index (χ2n) is 5.00. The first-order valence-corrected chi connectivity index (χ1v) is 7.33. The topological polar surface area (TPSA) is 130 Å². The van der Waals surface area contributed by atoms with Crippen LogP contribution in [0.1, 0.15) is 17.5 Å². The fourth-order valence-electron chi connectivity index (χ4n) is 1.97. The Morgan fingerprint density at radius 1 is 1.15 bits per heavy atom. The molecule has 0 saturated heterocycles. The van der Waals surface area contributed by atoms with E-state index in [-0.39, 0.29) is 5.76 Å². The Kier molecular flexibility index (Phi) is 5.78. The number of rotatable bonds is 7. The molecule has 0 aliphatic rings. The fourth-order valence-corrected chi connectivity index (χ4v) is 1.97. The van der Waals surface area contributed by atoms with Gasteiger partial charge in [0.05, 0.1) is 20.3 Å². The number of hydrogen-bond donors (Lipinski definition) is 1. The minimum absolute atomic E-state index is 0.373. The molecule has 138 valence electrons. The third-order valence-electron chi connectivity index (χ3n) is 3.28. The van der Waals surface area contributed by atoms with Gasteiger partial charge < -0.3 is 23.9 Å². The monoisotopic (exact) mass is 364 g/mol. The maximum atomic E-state index is 12.1. The maximum absolute atomic E-state index is 12.1. The number of anilines is 1. The fraction of sp³-hybridized carbons (Fsp3) is 0.250. The van der Waals surface area contributed by atoms with Crippen LogP contribution < -0.4 is 14.8 Å². The Morgan fingerprint density at radius 3 is 2.42 bits per heavy atom. The molecular formula is C16H16N2O8. The van der Waals surface area contributed by atoms with Crippen molar-refractivity contribution in [1.82, 2.24) is 0 Å². The zero-order valence-electron chi connectivity index (χ0n) is 14.2. The van der Waals surface area contributed by atoms with E-state index in [9.17, 15) is 19.7 Å². The number of ether oxygens (including phenoxy) is 3. The number of esters is 1. The average Bonchev–Trinajstić information content (AvgIpc) is 3.12. The molecular weight excluding hydrogens is 348 g/mol. The van der Waals surface area contributed by atoms with Crippen LogP contribution in [0.5, 0.6) is 11.5 Å².